The molecule has 2 N–H and O–H groups in total. The Kier molecular flexibility index (Phi) is 11.1. The van der Waals surface area contributed by atoms with Crippen molar-refractivity contribution in [2.75, 3.05) is 40.0 Å². The third-order valence-corrected chi connectivity index (χ3v) is 6.97. The Hall–Kier alpha value is -3.08. The van der Waals surface area contributed by atoms with Gasteiger partial charge in [-0.05, 0) is 48.6 Å². The van der Waals surface area contributed by atoms with E-state index < -0.39 is 24.3 Å². The van der Waals surface area contributed by atoms with Gasteiger partial charge in [0.25, 0.3) is 11.8 Å². The van der Waals surface area contributed by atoms with Crippen LogP contribution in [0.4, 0.5) is 0 Å². The zero-order valence-corrected chi connectivity index (χ0v) is 22.8. The second-order valence-electron chi connectivity index (χ2n) is 9.86. The number of amides is 2. The molecule has 0 aromatic heterocycles. The van der Waals surface area contributed by atoms with Gasteiger partial charge >= 0.3 is 0 Å². The molecular formula is C30H39N3O6. The van der Waals surface area contributed by atoms with Gasteiger partial charge in [0.1, 0.15) is 6.04 Å². The lowest BCUT2D eigenvalue weighted by Gasteiger charge is -2.26. The highest BCUT2D eigenvalue weighted by molar-refractivity contribution is 5.97. The molecule has 1 unspecified atom stereocenters. The molecule has 2 aromatic carbocycles. The summed E-state index contributed by atoms with van der Waals surface area (Å²) in [6, 6.07) is 14.8. The predicted molar refractivity (Wildman–Crippen MR) is 148 cm³/mol. The number of carbonyl (C=O) groups is 2. The maximum absolute atomic E-state index is 12.9. The zero-order valence-electron chi connectivity index (χ0n) is 22.8. The van der Waals surface area contributed by atoms with Gasteiger partial charge < -0.3 is 19.5 Å². The molecule has 2 heterocycles. The van der Waals surface area contributed by atoms with Gasteiger partial charge in [0.15, 0.2) is 6.29 Å². The molecule has 2 amide bonds. The first-order valence-electron chi connectivity index (χ1n) is 13.6. The molecule has 2 aromatic rings. The fraction of sp³-hybridized carbons (Fsp3) is 0.467. The summed E-state index contributed by atoms with van der Waals surface area (Å²) in [4.78, 5) is 33.4. The molecular weight excluding hydrogens is 498 g/mol. The third-order valence-electron chi connectivity index (χ3n) is 6.97. The van der Waals surface area contributed by atoms with Crippen LogP contribution in [0.15, 0.2) is 48.5 Å². The van der Waals surface area contributed by atoms with Crippen LogP contribution in [0.1, 0.15) is 53.2 Å². The number of hydrogen-bond donors (Lipinski definition) is 2. The Morgan fingerprint density at radius 2 is 1.67 bits per heavy atom. The molecule has 4 rings (SSSR count). The van der Waals surface area contributed by atoms with Crippen LogP contribution < -0.4 is 10.8 Å². The van der Waals surface area contributed by atoms with Crippen LogP contribution in [0.2, 0.25) is 0 Å². The van der Waals surface area contributed by atoms with Crippen LogP contribution in [-0.2, 0) is 30.4 Å². The van der Waals surface area contributed by atoms with Gasteiger partial charge in [-0.3, -0.25) is 14.5 Å². The molecule has 210 valence electrons. The van der Waals surface area contributed by atoms with Crippen molar-refractivity contribution >= 4 is 24.0 Å². The first-order valence-corrected chi connectivity index (χ1v) is 13.6. The quantitative estimate of drug-likeness (QED) is 0.335. The molecule has 0 aliphatic carbocycles. The van der Waals surface area contributed by atoms with Crippen molar-refractivity contribution in [2.24, 2.45) is 0 Å². The number of hydroxylamine groups is 1. The van der Waals surface area contributed by atoms with Gasteiger partial charge in [0.05, 0.1) is 19.3 Å². The van der Waals surface area contributed by atoms with E-state index in [4.69, 9.17) is 19.0 Å². The van der Waals surface area contributed by atoms with Crippen molar-refractivity contribution in [1.29, 1.82) is 0 Å². The minimum absolute atomic E-state index is 0.376. The summed E-state index contributed by atoms with van der Waals surface area (Å²) in [6.07, 6.45) is 5.67. The van der Waals surface area contributed by atoms with E-state index in [1.807, 2.05) is 24.3 Å². The number of morpholine rings is 1. The van der Waals surface area contributed by atoms with Crippen LogP contribution >= 0.6 is 0 Å². The van der Waals surface area contributed by atoms with Crippen LogP contribution in [0.5, 0.6) is 0 Å². The summed E-state index contributed by atoms with van der Waals surface area (Å²) in [5.74, 6) is -0.873. The average Bonchev–Trinajstić information content (AvgIpc) is 2.99. The minimum Gasteiger partial charge on any atom is -0.379 e. The molecule has 2 fully saturated rings. The van der Waals surface area contributed by atoms with E-state index in [0.717, 1.165) is 56.8 Å². The standard InChI is InChI=1S/C30H39N3O6/c1-22(36-2)28(30(35)32-39-27-5-3-4-18-38-27)31-29(34)26-14-12-24(13-15-26)7-6-23-8-10-25(11-9-23)21-33-16-19-37-20-17-33/h6-15,22,27-28H,3-5,16-21H2,1-2H3,(H,31,34)(H,32,35)/b7-6+/t22-,27?,28+/m1/s1. The van der Waals surface area contributed by atoms with Crippen molar-refractivity contribution in [3.05, 3.63) is 70.8 Å². The molecule has 2 saturated heterocycles. The number of benzene rings is 2. The molecule has 0 bridgehead atoms. The number of nitrogens with one attached hydrogen (secondary N) is 2. The van der Waals surface area contributed by atoms with Crippen LogP contribution in [0, 0.1) is 0 Å². The van der Waals surface area contributed by atoms with Crippen molar-refractivity contribution in [3.8, 4) is 0 Å². The maximum Gasteiger partial charge on any atom is 0.268 e. The summed E-state index contributed by atoms with van der Waals surface area (Å²) in [7, 11) is 1.49. The number of methoxy groups -OCH3 is 1. The molecule has 0 saturated carbocycles. The summed E-state index contributed by atoms with van der Waals surface area (Å²) in [5, 5.41) is 2.76. The van der Waals surface area contributed by atoms with Crippen molar-refractivity contribution < 1.29 is 28.6 Å². The van der Waals surface area contributed by atoms with E-state index in [2.05, 4.69) is 40.0 Å². The van der Waals surface area contributed by atoms with Crippen molar-refractivity contribution in [2.45, 2.75) is 51.2 Å². The van der Waals surface area contributed by atoms with Crippen LogP contribution in [-0.4, -0.2) is 75.2 Å². The fourth-order valence-corrected chi connectivity index (χ4v) is 4.44. The molecule has 9 heteroatoms. The Labute approximate surface area is 230 Å². The second kappa shape index (κ2) is 14.9. The molecule has 2 aliphatic rings. The van der Waals surface area contributed by atoms with E-state index in [9.17, 15) is 9.59 Å². The molecule has 3 atom stereocenters. The summed E-state index contributed by atoms with van der Waals surface area (Å²) < 4.78 is 16.2. The van der Waals surface area contributed by atoms with E-state index in [1.165, 1.54) is 12.7 Å². The van der Waals surface area contributed by atoms with Gasteiger partial charge in [-0.1, -0.05) is 48.6 Å². The molecule has 0 radical (unpaired) electrons. The Morgan fingerprint density at radius 1 is 1.00 bits per heavy atom. The van der Waals surface area contributed by atoms with Gasteiger partial charge in [-0.15, -0.1) is 0 Å². The summed E-state index contributed by atoms with van der Waals surface area (Å²) in [5.41, 5.74) is 6.21. The lowest BCUT2D eigenvalue weighted by molar-refractivity contribution is -0.202. The van der Waals surface area contributed by atoms with Gasteiger partial charge in [0.2, 0.25) is 0 Å². The smallest absolute Gasteiger partial charge is 0.268 e. The number of hydrogen-bond acceptors (Lipinski definition) is 7. The first kappa shape index (κ1) is 28.9. The average molecular weight is 538 g/mol. The molecule has 2 aliphatic heterocycles. The second-order valence-corrected chi connectivity index (χ2v) is 9.86. The SMILES string of the molecule is CO[C@H](C)[C@H](NC(=O)c1ccc(/C=C/c2ccc(CN3CCOCC3)cc2)cc1)C(=O)NOC1CCCCO1. The van der Waals surface area contributed by atoms with Crippen LogP contribution in [0.3, 0.4) is 0 Å². The zero-order chi connectivity index (χ0) is 27.5. The van der Waals surface area contributed by atoms with Gasteiger partial charge in [0, 0.05) is 45.3 Å². The van der Waals surface area contributed by atoms with E-state index >= 15 is 0 Å². The Balaban J connectivity index is 1.29. The normalized spacial score (nSPS) is 19.9. The highest BCUT2D eigenvalue weighted by Gasteiger charge is 2.29. The Morgan fingerprint density at radius 3 is 2.28 bits per heavy atom. The lowest BCUT2D eigenvalue weighted by Crippen LogP contribution is -2.53. The predicted octanol–water partition coefficient (Wildman–Crippen LogP) is 3.40. The summed E-state index contributed by atoms with van der Waals surface area (Å²) in [6.45, 7) is 6.79. The van der Waals surface area contributed by atoms with E-state index in [-0.39, 0.29) is 5.91 Å². The number of ether oxygens (including phenoxy) is 3. The van der Waals surface area contributed by atoms with E-state index in [1.54, 1.807) is 19.1 Å². The number of rotatable bonds is 11. The van der Waals surface area contributed by atoms with E-state index in [0.29, 0.717) is 18.6 Å². The monoisotopic (exact) mass is 537 g/mol. The van der Waals surface area contributed by atoms with Crippen LogP contribution in [0.25, 0.3) is 12.2 Å². The maximum atomic E-state index is 12.9. The number of nitrogens with zero attached hydrogens (tertiary/aromatic N) is 1. The highest BCUT2D eigenvalue weighted by atomic mass is 16.8. The van der Waals surface area contributed by atoms with Gasteiger partial charge in [-0.25, -0.2) is 10.3 Å². The van der Waals surface area contributed by atoms with Crippen molar-refractivity contribution in [1.82, 2.24) is 15.7 Å². The lowest BCUT2D eigenvalue weighted by atomic mass is 10.1. The minimum atomic E-state index is -0.933. The summed E-state index contributed by atoms with van der Waals surface area (Å²) >= 11 is 0. The van der Waals surface area contributed by atoms with Crippen molar-refractivity contribution in [3.63, 3.8) is 0 Å². The number of carbonyl (C=O) groups excluding carboxylic acids is 2. The topological polar surface area (TPSA) is 98.4 Å². The third kappa shape index (κ3) is 8.98. The fourth-order valence-electron chi connectivity index (χ4n) is 4.44. The molecule has 39 heavy (non-hydrogen) atoms. The Bertz CT molecular complexity index is 1080. The molecule has 9 nitrogen and oxygen atoms in total. The van der Waals surface area contributed by atoms with Gasteiger partial charge in [-0.2, -0.15) is 0 Å². The highest BCUT2D eigenvalue weighted by Crippen LogP contribution is 2.15. The molecule has 0 spiro atoms. The largest absolute Gasteiger partial charge is 0.379 e. The first-order chi connectivity index (χ1) is 19.0.